The van der Waals surface area contributed by atoms with Crippen LogP contribution in [-0.4, -0.2) is 22.0 Å². The number of alkyl halides is 2. The van der Waals surface area contributed by atoms with Gasteiger partial charge in [-0.1, -0.05) is 0 Å². The Balaban J connectivity index is 3.04. The Hall–Kier alpha value is -1.11. The zero-order valence-electron chi connectivity index (χ0n) is 7.18. The first-order valence-electron chi connectivity index (χ1n) is 3.73. The summed E-state index contributed by atoms with van der Waals surface area (Å²) in [5.41, 5.74) is -0.405. The molecule has 0 amide bonds. The van der Waals surface area contributed by atoms with Gasteiger partial charge in [-0.25, -0.2) is 9.18 Å². The lowest BCUT2D eigenvalue weighted by Gasteiger charge is -2.12. The zero-order chi connectivity index (χ0) is 11.6. The molecule has 0 saturated carbocycles. The molecule has 3 nitrogen and oxygen atoms in total. The second kappa shape index (κ2) is 4.18. The second-order valence-electron chi connectivity index (χ2n) is 2.77. The van der Waals surface area contributed by atoms with Crippen molar-refractivity contribution in [3.05, 3.63) is 28.2 Å². The lowest BCUT2D eigenvalue weighted by molar-refractivity contribution is -0.164. The van der Waals surface area contributed by atoms with Crippen molar-refractivity contribution in [1.29, 1.82) is 0 Å². The Morgan fingerprint density at radius 3 is 2.60 bits per heavy atom. The molecule has 1 rings (SSSR count). The quantitative estimate of drug-likeness (QED) is 0.926. The van der Waals surface area contributed by atoms with Gasteiger partial charge in [0.25, 0.3) is 0 Å². The molecule has 0 radical (unpaired) electrons. The van der Waals surface area contributed by atoms with E-state index < -0.39 is 29.7 Å². The van der Waals surface area contributed by atoms with Crippen LogP contribution in [0.5, 0.6) is 0 Å². The molecule has 0 unspecified atom stereocenters. The first-order valence-corrected chi connectivity index (χ1v) is 4.53. The number of carbonyl (C=O) groups is 1. The first kappa shape index (κ1) is 12.0. The van der Waals surface area contributed by atoms with Gasteiger partial charge in [-0.3, -0.25) is 4.98 Å². The van der Waals surface area contributed by atoms with Gasteiger partial charge in [0.15, 0.2) is 0 Å². The van der Waals surface area contributed by atoms with E-state index in [4.69, 9.17) is 5.11 Å². The molecular weight excluding hydrogens is 279 g/mol. The number of aliphatic carboxylic acids is 1. The molecule has 15 heavy (non-hydrogen) atoms. The van der Waals surface area contributed by atoms with Gasteiger partial charge < -0.3 is 5.11 Å². The average molecular weight is 284 g/mol. The van der Waals surface area contributed by atoms with Gasteiger partial charge >= 0.3 is 11.9 Å². The SMILES string of the molecule is O=C(O)C(F)(F)Cc1c(F)cncc1Br. The third-order valence-electron chi connectivity index (χ3n) is 1.66. The summed E-state index contributed by atoms with van der Waals surface area (Å²) in [5, 5.41) is 8.18. The molecule has 0 saturated heterocycles. The van der Waals surface area contributed by atoms with Crippen LogP contribution in [0.2, 0.25) is 0 Å². The highest BCUT2D eigenvalue weighted by Gasteiger charge is 2.40. The van der Waals surface area contributed by atoms with E-state index in [0.29, 0.717) is 0 Å². The fraction of sp³-hybridized carbons (Fsp3) is 0.250. The topological polar surface area (TPSA) is 50.2 Å². The number of hydrogen-bond donors (Lipinski definition) is 1. The largest absolute Gasteiger partial charge is 0.477 e. The third kappa shape index (κ3) is 2.68. The predicted octanol–water partition coefficient (Wildman–Crippen LogP) is 2.25. The molecule has 0 aliphatic carbocycles. The molecule has 1 aromatic heterocycles. The molecule has 0 spiro atoms. The lowest BCUT2D eigenvalue weighted by Crippen LogP contribution is -2.31. The number of aromatic nitrogens is 1. The van der Waals surface area contributed by atoms with Crippen LogP contribution in [0.4, 0.5) is 13.2 Å². The van der Waals surface area contributed by atoms with Crippen LogP contribution in [-0.2, 0) is 11.2 Å². The summed E-state index contributed by atoms with van der Waals surface area (Å²) in [6.45, 7) is 0. The molecule has 0 aromatic carbocycles. The molecule has 0 aliphatic heterocycles. The van der Waals surface area contributed by atoms with Crippen LogP contribution in [0.3, 0.4) is 0 Å². The van der Waals surface area contributed by atoms with E-state index in [0.717, 1.165) is 12.4 Å². The van der Waals surface area contributed by atoms with Gasteiger partial charge in [0, 0.05) is 16.2 Å². The minimum atomic E-state index is -4.00. The number of carboxylic acid groups (broad SMARTS) is 1. The van der Waals surface area contributed by atoms with Crippen LogP contribution >= 0.6 is 15.9 Å². The molecule has 0 aliphatic rings. The summed E-state index contributed by atoms with van der Waals surface area (Å²) >= 11 is 2.82. The van der Waals surface area contributed by atoms with Crippen molar-refractivity contribution in [2.24, 2.45) is 0 Å². The Morgan fingerprint density at radius 2 is 2.13 bits per heavy atom. The predicted molar refractivity (Wildman–Crippen MR) is 48.2 cm³/mol. The number of pyridine rings is 1. The number of rotatable bonds is 3. The summed E-state index contributed by atoms with van der Waals surface area (Å²) in [6.07, 6.45) is 0.658. The van der Waals surface area contributed by atoms with Crippen molar-refractivity contribution < 1.29 is 23.1 Å². The van der Waals surface area contributed by atoms with Crippen LogP contribution in [0.1, 0.15) is 5.56 Å². The summed E-state index contributed by atoms with van der Waals surface area (Å²) in [5.74, 6) is -7.25. The van der Waals surface area contributed by atoms with Crippen molar-refractivity contribution in [2.45, 2.75) is 12.3 Å². The normalized spacial score (nSPS) is 11.5. The van der Waals surface area contributed by atoms with Crippen molar-refractivity contribution in [3.8, 4) is 0 Å². The van der Waals surface area contributed by atoms with Gasteiger partial charge in [-0.2, -0.15) is 8.78 Å². The van der Waals surface area contributed by atoms with Gasteiger partial charge in [-0.15, -0.1) is 0 Å². The molecule has 0 atom stereocenters. The number of hydrogen-bond acceptors (Lipinski definition) is 2. The molecule has 0 bridgehead atoms. The van der Waals surface area contributed by atoms with E-state index in [-0.39, 0.29) is 4.47 Å². The van der Waals surface area contributed by atoms with Crippen molar-refractivity contribution >= 4 is 21.9 Å². The van der Waals surface area contributed by atoms with Gasteiger partial charge in [0.2, 0.25) is 0 Å². The van der Waals surface area contributed by atoms with Crippen LogP contribution in [0.25, 0.3) is 0 Å². The highest BCUT2D eigenvalue weighted by Crippen LogP contribution is 2.26. The molecule has 1 aromatic rings. The Labute approximate surface area is 91.1 Å². The number of nitrogens with zero attached hydrogens (tertiary/aromatic N) is 1. The van der Waals surface area contributed by atoms with Crippen LogP contribution in [0, 0.1) is 5.82 Å². The minimum absolute atomic E-state index is 0.0171. The van der Waals surface area contributed by atoms with Crippen molar-refractivity contribution in [2.75, 3.05) is 0 Å². The standard InChI is InChI=1S/C8H5BrF3NO2/c9-5-2-13-3-6(10)4(5)1-8(11,12)7(14)15/h2-3H,1H2,(H,14,15). The van der Waals surface area contributed by atoms with Crippen molar-refractivity contribution in [3.63, 3.8) is 0 Å². The Kier molecular flexibility index (Phi) is 3.33. The zero-order valence-corrected chi connectivity index (χ0v) is 8.76. The molecule has 0 fully saturated rings. The monoisotopic (exact) mass is 283 g/mol. The average Bonchev–Trinajstić information content (AvgIpc) is 2.11. The summed E-state index contributed by atoms with van der Waals surface area (Å²) < 4.78 is 38.6. The Bertz CT molecular complexity index is 377. The van der Waals surface area contributed by atoms with Gasteiger partial charge in [0.05, 0.1) is 12.6 Å². The van der Waals surface area contributed by atoms with E-state index in [9.17, 15) is 18.0 Å². The third-order valence-corrected chi connectivity index (χ3v) is 2.35. The highest BCUT2D eigenvalue weighted by atomic mass is 79.9. The summed E-state index contributed by atoms with van der Waals surface area (Å²) in [4.78, 5) is 13.5. The maximum atomic E-state index is 13.0. The summed E-state index contributed by atoms with van der Waals surface area (Å²) in [6, 6.07) is 0. The first-order chi connectivity index (χ1) is 6.84. The van der Waals surface area contributed by atoms with Gasteiger partial charge in [-0.05, 0) is 15.9 Å². The maximum Gasteiger partial charge on any atom is 0.374 e. The fourth-order valence-electron chi connectivity index (χ4n) is 0.905. The van der Waals surface area contributed by atoms with E-state index in [1.54, 1.807) is 0 Å². The van der Waals surface area contributed by atoms with E-state index in [2.05, 4.69) is 20.9 Å². The minimum Gasteiger partial charge on any atom is -0.477 e. The molecule has 1 N–H and O–H groups in total. The molecule has 1 heterocycles. The molecular formula is C8H5BrF3NO2. The highest BCUT2D eigenvalue weighted by molar-refractivity contribution is 9.10. The van der Waals surface area contributed by atoms with Gasteiger partial charge in [0.1, 0.15) is 5.82 Å². The summed E-state index contributed by atoms with van der Waals surface area (Å²) in [7, 11) is 0. The molecule has 82 valence electrons. The smallest absolute Gasteiger partial charge is 0.374 e. The van der Waals surface area contributed by atoms with Crippen molar-refractivity contribution in [1.82, 2.24) is 4.98 Å². The number of halogens is 4. The lowest BCUT2D eigenvalue weighted by atomic mass is 10.1. The second-order valence-corrected chi connectivity index (χ2v) is 3.62. The van der Waals surface area contributed by atoms with E-state index >= 15 is 0 Å². The fourth-order valence-corrected chi connectivity index (χ4v) is 1.35. The van der Waals surface area contributed by atoms with E-state index in [1.165, 1.54) is 0 Å². The van der Waals surface area contributed by atoms with Crippen LogP contribution in [0.15, 0.2) is 16.9 Å². The Morgan fingerprint density at radius 1 is 1.53 bits per heavy atom. The van der Waals surface area contributed by atoms with E-state index in [1.807, 2.05) is 0 Å². The number of carboxylic acids is 1. The molecule has 7 heteroatoms. The maximum absolute atomic E-state index is 13.0. The van der Waals surface area contributed by atoms with Crippen LogP contribution < -0.4 is 0 Å².